The first-order valence-electron chi connectivity index (χ1n) is 5.89. The van der Waals surface area contributed by atoms with E-state index in [9.17, 15) is 4.79 Å². The quantitative estimate of drug-likeness (QED) is 0.682. The van der Waals surface area contributed by atoms with Crippen molar-refractivity contribution < 1.29 is 0 Å². The molecule has 1 heteroatoms. The van der Waals surface area contributed by atoms with E-state index in [2.05, 4.69) is 0 Å². The number of hydrogen-bond acceptors (Lipinski definition) is 1. The van der Waals surface area contributed by atoms with E-state index in [1.54, 1.807) is 0 Å². The highest BCUT2D eigenvalue weighted by Crippen LogP contribution is 2.30. The Morgan fingerprint density at radius 3 is 2.47 bits per heavy atom. The second-order valence-corrected chi connectivity index (χ2v) is 4.52. The van der Waals surface area contributed by atoms with Crippen LogP contribution in [0.2, 0.25) is 0 Å². The van der Waals surface area contributed by atoms with Gasteiger partial charge in [0.2, 0.25) is 0 Å². The van der Waals surface area contributed by atoms with Gasteiger partial charge < -0.3 is 0 Å². The minimum Gasteiger partial charge on any atom is -0.289 e. The van der Waals surface area contributed by atoms with Crippen LogP contribution in [0, 0.1) is 6.92 Å². The molecule has 0 amide bonds. The first-order chi connectivity index (χ1) is 7.29. The largest absolute Gasteiger partial charge is 0.289 e. The molecule has 1 nitrogen and oxygen atoms in total. The lowest BCUT2D eigenvalue weighted by Gasteiger charge is -2.20. The van der Waals surface area contributed by atoms with Gasteiger partial charge in [0.05, 0.1) is 0 Å². The van der Waals surface area contributed by atoms with Crippen LogP contribution in [-0.2, 0) is 0 Å². The highest BCUT2D eigenvalue weighted by Gasteiger charge is 2.17. The van der Waals surface area contributed by atoms with Crippen molar-refractivity contribution >= 4 is 0 Å². The van der Waals surface area contributed by atoms with Crippen LogP contribution >= 0.6 is 0 Å². The molecule has 1 saturated carbocycles. The van der Waals surface area contributed by atoms with E-state index in [4.69, 9.17) is 0 Å². The maximum atomic E-state index is 12.1. The number of rotatable bonds is 1. The van der Waals surface area contributed by atoms with Crippen LogP contribution in [0.3, 0.4) is 0 Å². The fourth-order valence-corrected chi connectivity index (χ4v) is 2.47. The van der Waals surface area contributed by atoms with Crippen molar-refractivity contribution in [2.24, 2.45) is 0 Å². The summed E-state index contributed by atoms with van der Waals surface area (Å²) in [6.45, 7) is 1.91. The summed E-state index contributed by atoms with van der Waals surface area (Å²) < 4.78 is 0. The standard InChI is InChI=1S/C14H18O/c1-11-7-5-6-10-13(14(11)15)12-8-3-2-4-9-12/h5-7,10,12H,2-4,8-9H2,1H3. The summed E-state index contributed by atoms with van der Waals surface area (Å²) in [7, 11) is 0. The Kier molecular flexibility index (Phi) is 3.20. The molecule has 0 heterocycles. The molecule has 0 aromatic heterocycles. The Morgan fingerprint density at radius 2 is 1.73 bits per heavy atom. The van der Waals surface area contributed by atoms with Crippen molar-refractivity contribution in [1.82, 2.24) is 0 Å². The number of hydrogen-bond donors (Lipinski definition) is 0. The van der Waals surface area contributed by atoms with Gasteiger partial charge in [-0.05, 0) is 31.2 Å². The van der Waals surface area contributed by atoms with Crippen LogP contribution in [0.1, 0.15) is 49.1 Å². The van der Waals surface area contributed by atoms with Crippen LogP contribution in [0.4, 0.5) is 0 Å². The smallest absolute Gasteiger partial charge is 0.184 e. The molecule has 2 rings (SSSR count). The predicted molar refractivity (Wildman–Crippen MR) is 63.3 cm³/mol. The van der Waals surface area contributed by atoms with E-state index in [1.165, 1.54) is 32.1 Å². The summed E-state index contributed by atoms with van der Waals surface area (Å²) >= 11 is 0. The van der Waals surface area contributed by atoms with Crippen molar-refractivity contribution in [2.75, 3.05) is 0 Å². The third kappa shape index (κ3) is 2.28. The molecule has 80 valence electrons. The fraction of sp³-hybridized carbons (Fsp3) is 0.500. The first-order valence-corrected chi connectivity index (χ1v) is 5.89. The maximum Gasteiger partial charge on any atom is 0.184 e. The van der Waals surface area contributed by atoms with Gasteiger partial charge in [0, 0.05) is 5.56 Å². The average molecular weight is 202 g/mol. The topological polar surface area (TPSA) is 17.1 Å². The number of aryl methyl sites for hydroxylation is 1. The zero-order valence-electron chi connectivity index (χ0n) is 9.33. The highest BCUT2D eigenvalue weighted by atomic mass is 16.1. The van der Waals surface area contributed by atoms with Gasteiger partial charge in [0.1, 0.15) is 0 Å². The van der Waals surface area contributed by atoms with Crippen molar-refractivity contribution in [1.29, 1.82) is 0 Å². The van der Waals surface area contributed by atoms with Gasteiger partial charge in [0.15, 0.2) is 5.43 Å². The summed E-state index contributed by atoms with van der Waals surface area (Å²) in [6.07, 6.45) is 6.28. The summed E-state index contributed by atoms with van der Waals surface area (Å²) in [4.78, 5) is 12.1. The summed E-state index contributed by atoms with van der Waals surface area (Å²) in [5, 5.41) is 0. The minimum atomic E-state index is 0.256. The van der Waals surface area contributed by atoms with E-state index >= 15 is 0 Å². The van der Waals surface area contributed by atoms with Crippen molar-refractivity contribution in [3.63, 3.8) is 0 Å². The van der Waals surface area contributed by atoms with E-state index in [0.717, 1.165) is 11.1 Å². The van der Waals surface area contributed by atoms with Crippen LogP contribution < -0.4 is 5.43 Å². The second kappa shape index (κ2) is 4.61. The fourth-order valence-electron chi connectivity index (χ4n) is 2.47. The zero-order chi connectivity index (χ0) is 10.7. The molecule has 0 unspecified atom stereocenters. The molecule has 1 aromatic rings. The van der Waals surface area contributed by atoms with Gasteiger partial charge >= 0.3 is 0 Å². The van der Waals surface area contributed by atoms with Crippen LogP contribution in [-0.4, -0.2) is 0 Å². The van der Waals surface area contributed by atoms with E-state index < -0.39 is 0 Å². The molecule has 0 atom stereocenters. The third-order valence-electron chi connectivity index (χ3n) is 3.40. The Labute approximate surface area is 91.2 Å². The van der Waals surface area contributed by atoms with E-state index in [-0.39, 0.29) is 5.43 Å². The Hall–Kier alpha value is -1.11. The molecular formula is C14H18O. The van der Waals surface area contributed by atoms with Gasteiger partial charge in [-0.25, -0.2) is 0 Å². The van der Waals surface area contributed by atoms with Crippen LogP contribution in [0.15, 0.2) is 29.1 Å². The lowest BCUT2D eigenvalue weighted by Crippen LogP contribution is -2.15. The first kappa shape index (κ1) is 10.4. The third-order valence-corrected chi connectivity index (χ3v) is 3.40. The highest BCUT2D eigenvalue weighted by molar-refractivity contribution is 5.24. The Bertz CT molecular complexity index is 389. The maximum absolute atomic E-state index is 12.1. The molecule has 0 N–H and O–H groups in total. The molecule has 0 saturated heterocycles. The van der Waals surface area contributed by atoms with Crippen LogP contribution in [0.25, 0.3) is 0 Å². The predicted octanol–water partition coefficient (Wildman–Crippen LogP) is 3.40. The molecule has 0 radical (unpaired) electrons. The lowest BCUT2D eigenvalue weighted by atomic mass is 9.84. The van der Waals surface area contributed by atoms with E-state index in [0.29, 0.717) is 5.92 Å². The second-order valence-electron chi connectivity index (χ2n) is 4.52. The van der Waals surface area contributed by atoms with Crippen molar-refractivity contribution in [3.8, 4) is 0 Å². The monoisotopic (exact) mass is 202 g/mol. The van der Waals surface area contributed by atoms with Crippen molar-refractivity contribution in [3.05, 3.63) is 45.6 Å². The molecule has 15 heavy (non-hydrogen) atoms. The molecule has 0 spiro atoms. The molecule has 0 bridgehead atoms. The van der Waals surface area contributed by atoms with Gasteiger partial charge in [-0.2, -0.15) is 0 Å². The minimum absolute atomic E-state index is 0.256. The van der Waals surface area contributed by atoms with E-state index in [1.807, 2.05) is 31.2 Å². The summed E-state index contributed by atoms with van der Waals surface area (Å²) in [5.74, 6) is 0.511. The molecule has 1 aliphatic rings. The lowest BCUT2D eigenvalue weighted by molar-refractivity contribution is 0.442. The Balaban J connectivity index is 2.39. The Morgan fingerprint density at radius 1 is 1.07 bits per heavy atom. The van der Waals surface area contributed by atoms with Gasteiger partial charge in [-0.1, -0.05) is 43.5 Å². The molecule has 1 fully saturated rings. The average Bonchev–Trinajstić information content (AvgIpc) is 2.44. The van der Waals surface area contributed by atoms with Crippen LogP contribution in [0.5, 0.6) is 0 Å². The van der Waals surface area contributed by atoms with Crippen molar-refractivity contribution in [2.45, 2.75) is 44.9 Å². The normalized spacial score (nSPS) is 17.7. The molecule has 1 aliphatic carbocycles. The summed E-state index contributed by atoms with van der Waals surface area (Å²) in [6, 6.07) is 7.89. The zero-order valence-corrected chi connectivity index (χ0v) is 9.33. The van der Waals surface area contributed by atoms with Gasteiger partial charge in [0.25, 0.3) is 0 Å². The molecule has 0 aliphatic heterocycles. The summed E-state index contributed by atoms with van der Waals surface area (Å²) in [5.41, 5.74) is 2.17. The van der Waals surface area contributed by atoms with Gasteiger partial charge in [-0.3, -0.25) is 4.79 Å². The SMILES string of the molecule is Cc1ccccc(C2CCCCC2)c1=O. The molecular weight excluding hydrogens is 184 g/mol. The molecule has 1 aromatic carbocycles. The van der Waals surface area contributed by atoms with Gasteiger partial charge in [-0.15, -0.1) is 0 Å².